The van der Waals surface area contributed by atoms with E-state index in [1.165, 1.54) is 6.07 Å². The summed E-state index contributed by atoms with van der Waals surface area (Å²) < 4.78 is 16.3. The van der Waals surface area contributed by atoms with Crippen molar-refractivity contribution in [3.05, 3.63) is 83.4 Å². The van der Waals surface area contributed by atoms with Gasteiger partial charge in [0, 0.05) is 54.8 Å². The van der Waals surface area contributed by atoms with Crippen LogP contribution in [-0.2, 0) is 24.4 Å². The SMILES string of the molecule is CCn1cc(-n2ccc(=O)c(COc3ccc4ncc(-c5cnn(CCOC)c5)cc4c3)n2)cn1. The number of fused-ring (bicyclic) bond motifs is 1. The monoisotopic (exact) mass is 471 g/mol. The molecule has 0 bridgehead atoms. The largest absolute Gasteiger partial charge is 0.487 e. The fourth-order valence-corrected chi connectivity index (χ4v) is 3.66. The maximum atomic E-state index is 12.4. The van der Waals surface area contributed by atoms with Gasteiger partial charge in [0.25, 0.3) is 0 Å². The molecule has 5 rings (SSSR count). The molecule has 0 amide bonds. The minimum Gasteiger partial charge on any atom is -0.487 e. The number of methoxy groups -OCH3 is 1. The van der Waals surface area contributed by atoms with E-state index in [0.717, 1.165) is 34.3 Å². The molecule has 5 aromatic rings. The van der Waals surface area contributed by atoms with E-state index >= 15 is 0 Å². The van der Waals surface area contributed by atoms with Crippen LogP contribution < -0.4 is 10.2 Å². The first kappa shape index (κ1) is 22.5. The maximum Gasteiger partial charge on any atom is 0.206 e. The van der Waals surface area contributed by atoms with Crippen molar-refractivity contribution in [2.75, 3.05) is 13.7 Å². The Bertz CT molecular complexity index is 1520. The number of pyridine rings is 1. The Labute approximate surface area is 201 Å². The highest BCUT2D eigenvalue weighted by Crippen LogP contribution is 2.25. The van der Waals surface area contributed by atoms with Gasteiger partial charge in [-0.05, 0) is 31.2 Å². The predicted octanol–water partition coefficient (Wildman–Crippen LogP) is 3.09. The Morgan fingerprint density at radius 2 is 1.86 bits per heavy atom. The molecule has 0 saturated heterocycles. The summed E-state index contributed by atoms with van der Waals surface area (Å²) in [6, 6.07) is 9.18. The minimum atomic E-state index is -0.181. The van der Waals surface area contributed by atoms with E-state index < -0.39 is 0 Å². The summed E-state index contributed by atoms with van der Waals surface area (Å²) in [5, 5.41) is 14.0. The molecular weight excluding hydrogens is 446 g/mol. The molecule has 10 nitrogen and oxygen atoms in total. The van der Waals surface area contributed by atoms with Crippen molar-refractivity contribution >= 4 is 10.9 Å². The molecule has 1 aromatic carbocycles. The van der Waals surface area contributed by atoms with Crippen molar-refractivity contribution in [2.24, 2.45) is 0 Å². The summed E-state index contributed by atoms with van der Waals surface area (Å²) in [6.45, 7) is 4.09. The van der Waals surface area contributed by atoms with Crippen molar-refractivity contribution < 1.29 is 9.47 Å². The molecule has 0 radical (unpaired) electrons. The lowest BCUT2D eigenvalue weighted by Crippen LogP contribution is -2.17. The van der Waals surface area contributed by atoms with Crippen LogP contribution in [0.15, 0.2) is 72.3 Å². The Kier molecular flexibility index (Phi) is 6.36. The highest BCUT2D eigenvalue weighted by Gasteiger charge is 2.09. The Balaban J connectivity index is 1.34. The number of hydrogen-bond donors (Lipinski definition) is 0. The van der Waals surface area contributed by atoms with E-state index in [9.17, 15) is 4.79 Å². The second-order valence-corrected chi connectivity index (χ2v) is 7.98. The fourth-order valence-electron chi connectivity index (χ4n) is 3.66. The lowest BCUT2D eigenvalue weighted by molar-refractivity contribution is 0.183. The van der Waals surface area contributed by atoms with Crippen LogP contribution in [0.3, 0.4) is 0 Å². The normalized spacial score (nSPS) is 11.3. The Morgan fingerprint density at radius 1 is 0.971 bits per heavy atom. The average Bonchev–Trinajstić information content (AvgIpc) is 3.56. The van der Waals surface area contributed by atoms with Gasteiger partial charge in [0.2, 0.25) is 5.43 Å². The number of ether oxygens (including phenoxy) is 2. The number of nitrogens with zero attached hydrogens (tertiary/aromatic N) is 7. The summed E-state index contributed by atoms with van der Waals surface area (Å²) in [7, 11) is 1.67. The quantitative estimate of drug-likeness (QED) is 0.326. The van der Waals surface area contributed by atoms with E-state index in [2.05, 4.69) is 20.3 Å². The van der Waals surface area contributed by atoms with Gasteiger partial charge in [-0.25, -0.2) is 4.68 Å². The zero-order valence-electron chi connectivity index (χ0n) is 19.5. The van der Waals surface area contributed by atoms with Crippen LogP contribution in [0, 0.1) is 0 Å². The first-order chi connectivity index (χ1) is 17.1. The molecule has 10 heteroatoms. The van der Waals surface area contributed by atoms with Gasteiger partial charge in [-0.2, -0.15) is 15.3 Å². The van der Waals surface area contributed by atoms with Gasteiger partial charge < -0.3 is 9.47 Å². The molecular formula is C25H25N7O3. The van der Waals surface area contributed by atoms with E-state index in [-0.39, 0.29) is 12.0 Å². The third-order valence-electron chi connectivity index (χ3n) is 5.61. The van der Waals surface area contributed by atoms with Gasteiger partial charge >= 0.3 is 0 Å². The van der Waals surface area contributed by atoms with E-state index in [4.69, 9.17) is 9.47 Å². The van der Waals surface area contributed by atoms with Gasteiger partial charge in [-0.15, -0.1) is 0 Å². The lowest BCUT2D eigenvalue weighted by Gasteiger charge is -2.09. The maximum absolute atomic E-state index is 12.4. The topological polar surface area (TPSA) is 102 Å². The molecule has 4 heterocycles. The average molecular weight is 472 g/mol. The summed E-state index contributed by atoms with van der Waals surface area (Å²) in [4.78, 5) is 16.9. The van der Waals surface area contributed by atoms with Crippen LogP contribution in [-0.4, -0.2) is 48.0 Å². The van der Waals surface area contributed by atoms with Crippen LogP contribution in [0.25, 0.3) is 27.7 Å². The van der Waals surface area contributed by atoms with E-state index in [1.807, 2.05) is 60.7 Å². The Hall–Kier alpha value is -4.31. The summed E-state index contributed by atoms with van der Waals surface area (Å²) in [5.41, 5.74) is 3.69. The van der Waals surface area contributed by atoms with Gasteiger partial charge in [-0.3, -0.25) is 19.1 Å². The van der Waals surface area contributed by atoms with Crippen LogP contribution in [0.4, 0.5) is 0 Å². The molecule has 0 spiro atoms. The molecule has 178 valence electrons. The number of rotatable bonds is 9. The molecule has 0 N–H and O–H groups in total. The van der Waals surface area contributed by atoms with Crippen LogP contribution in [0.2, 0.25) is 0 Å². The van der Waals surface area contributed by atoms with Gasteiger partial charge in [0.1, 0.15) is 23.7 Å². The number of aromatic nitrogens is 7. The van der Waals surface area contributed by atoms with E-state index in [0.29, 0.717) is 24.6 Å². The van der Waals surface area contributed by atoms with E-state index in [1.54, 1.807) is 28.9 Å². The van der Waals surface area contributed by atoms with Crippen molar-refractivity contribution in [3.63, 3.8) is 0 Å². The molecule has 0 atom stereocenters. The van der Waals surface area contributed by atoms with Crippen LogP contribution in [0.5, 0.6) is 5.75 Å². The third kappa shape index (κ3) is 4.97. The van der Waals surface area contributed by atoms with Gasteiger partial charge in [0.15, 0.2) is 0 Å². The molecule has 0 aliphatic carbocycles. The standard InChI is InChI=1S/C25H25N7O3/c1-3-30-16-21(14-28-30)32-7-6-25(33)24(29-32)17-35-22-4-5-23-18(11-22)10-19(12-26-23)20-13-27-31(15-20)8-9-34-2/h4-7,10-16H,3,8-9,17H2,1-2H3. The molecule has 0 fully saturated rings. The van der Waals surface area contributed by atoms with Crippen molar-refractivity contribution in [1.29, 1.82) is 0 Å². The zero-order valence-corrected chi connectivity index (χ0v) is 19.5. The van der Waals surface area contributed by atoms with Gasteiger partial charge in [-0.1, -0.05) is 0 Å². The van der Waals surface area contributed by atoms with Crippen LogP contribution in [0.1, 0.15) is 12.6 Å². The van der Waals surface area contributed by atoms with Crippen molar-refractivity contribution in [1.82, 2.24) is 34.3 Å². The second kappa shape index (κ2) is 9.90. The first-order valence-corrected chi connectivity index (χ1v) is 11.3. The number of benzene rings is 1. The Morgan fingerprint density at radius 3 is 2.69 bits per heavy atom. The van der Waals surface area contributed by atoms with Gasteiger partial charge in [0.05, 0.1) is 37.3 Å². The molecule has 4 aromatic heterocycles. The minimum absolute atomic E-state index is 0.0481. The third-order valence-corrected chi connectivity index (χ3v) is 5.61. The highest BCUT2D eigenvalue weighted by atomic mass is 16.5. The summed E-state index contributed by atoms with van der Waals surface area (Å²) in [5.74, 6) is 0.627. The molecule has 0 saturated carbocycles. The lowest BCUT2D eigenvalue weighted by atomic mass is 10.1. The number of aryl methyl sites for hydroxylation is 1. The predicted molar refractivity (Wildman–Crippen MR) is 130 cm³/mol. The van der Waals surface area contributed by atoms with Crippen molar-refractivity contribution in [3.8, 4) is 22.6 Å². The molecule has 35 heavy (non-hydrogen) atoms. The zero-order chi connectivity index (χ0) is 24.2. The van der Waals surface area contributed by atoms with Crippen LogP contribution >= 0.6 is 0 Å². The smallest absolute Gasteiger partial charge is 0.206 e. The molecule has 0 aliphatic heterocycles. The summed E-state index contributed by atoms with van der Waals surface area (Å²) in [6.07, 6.45) is 10.8. The highest BCUT2D eigenvalue weighted by molar-refractivity contribution is 5.84. The van der Waals surface area contributed by atoms with Crippen molar-refractivity contribution in [2.45, 2.75) is 26.6 Å². The fraction of sp³-hybridized carbons (Fsp3) is 0.240. The number of hydrogen-bond acceptors (Lipinski definition) is 7. The molecule has 0 aliphatic rings. The summed E-state index contributed by atoms with van der Waals surface area (Å²) >= 11 is 0. The second-order valence-electron chi connectivity index (χ2n) is 7.98. The first-order valence-electron chi connectivity index (χ1n) is 11.3. The molecule has 0 unspecified atom stereocenters.